The number of aryl methyl sites for hydroxylation is 1. The number of nitrogens with one attached hydrogen (secondary N) is 2. The number of hydrogen-bond donors (Lipinski definition) is 2. The number of nitrogens with zero attached hydrogens (tertiary/aromatic N) is 1. The highest BCUT2D eigenvalue weighted by atomic mass is 32.2. The maximum absolute atomic E-state index is 11.5. The summed E-state index contributed by atoms with van der Waals surface area (Å²) in [6.45, 7) is 2.14. The minimum absolute atomic E-state index is 0.242. The minimum atomic E-state index is -3.34. The number of amides is 1. The number of carbonyl (C=O) groups excluding carboxylic acids is 1. The highest BCUT2D eigenvalue weighted by Gasteiger charge is 2.07. The van der Waals surface area contributed by atoms with Crippen LogP contribution >= 0.6 is 0 Å². The Morgan fingerprint density at radius 3 is 2.45 bits per heavy atom. The molecular formula is C13H21N3O3S. The summed E-state index contributed by atoms with van der Waals surface area (Å²) in [5.41, 5.74) is 3.22. The zero-order valence-electron chi connectivity index (χ0n) is 12.2. The van der Waals surface area contributed by atoms with Gasteiger partial charge in [-0.1, -0.05) is 12.1 Å². The zero-order valence-corrected chi connectivity index (χ0v) is 13.0. The van der Waals surface area contributed by atoms with Crippen LogP contribution in [0.15, 0.2) is 18.2 Å². The fourth-order valence-corrected chi connectivity index (χ4v) is 2.18. The van der Waals surface area contributed by atoms with Crippen molar-refractivity contribution in [1.29, 1.82) is 0 Å². The molecular weight excluding hydrogens is 278 g/mol. The molecule has 0 radical (unpaired) electrons. The van der Waals surface area contributed by atoms with Crippen molar-refractivity contribution in [3.8, 4) is 0 Å². The number of benzene rings is 1. The van der Waals surface area contributed by atoms with Gasteiger partial charge in [-0.2, -0.15) is 0 Å². The van der Waals surface area contributed by atoms with Crippen LogP contribution < -0.4 is 14.9 Å². The summed E-state index contributed by atoms with van der Waals surface area (Å²) in [6, 6.07) is 5.93. The third-order valence-corrected chi connectivity index (χ3v) is 3.40. The molecule has 0 aromatic heterocycles. The van der Waals surface area contributed by atoms with Crippen LogP contribution in [-0.2, 0) is 21.4 Å². The molecule has 20 heavy (non-hydrogen) atoms. The molecule has 112 valence electrons. The van der Waals surface area contributed by atoms with Crippen molar-refractivity contribution in [3.05, 3.63) is 29.3 Å². The fraction of sp³-hybridized carbons (Fsp3) is 0.462. The molecule has 1 aromatic rings. The molecule has 6 nitrogen and oxygen atoms in total. The van der Waals surface area contributed by atoms with Crippen molar-refractivity contribution < 1.29 is 13.2 Å². The maximum Gasteiger partial charge on any atom is 0.235 e. The average Bonchev–Trinajstić information content (AvgIpc) is 2.32. The Bertz CT molecular complexity index is 583. The predicted octanol–water partition coefficient (Wildman–Crippen LogP) is 0.226. The Hall–Kier alpha value is -1.60. The Balaban J connectivity index is 2.54. The number of carbonyl (C=O) groups is 1. The van der Waals surface area contributed by atoms with E-state index in [1.54, 1.807) is 0 Å². The summed E-state index contributed by atoms with van der Waals surface area (Å²) in [5.74, 6) is -0.357. The summed E-state index contributed by atoms with van der Waals surface area (Å²) in [6.07, 6.45) is 1.02. The third kappa shape index (κ3) is 5.58. The summed E-state index contributed by atoms with van der Waals surface area (Å²) in [4.78, 5) is 13.5. The lowest BCUT2D eigenvalue weighted by atomic mass is 10.1. The van der Waals surface area contributed by atoms with E-state index in [0.717, 1.165) is 23.1 Å². The van der Waals surface area contributed by atoms with E-state index in [9.17, 15) is 13.2 Å². The van der Waals surface area contributed by atoms with Crippen LogP contribution in [0.25, 0.3) is 0 Å². The highest BCUT2D eigenvalue weighted by Crippen LogP contribution is 2.18. The highest BCUT2D eigenvalue weighted by molar-refractivity contribution is 7.88. The van der Waals surface area contributed by atoms with Crippen LogP contribution in [0, 0.1) is 6.92 Å². The molecule has 7 heteroatoms. The normalized spacial score (nSPS) is 11.2. The number of anilines is 1. The first-order chi connectivity index (χ1) is 9.19. The van der Waals surface area contributed by atoms with Gasteiger partial charge in [0.1, 0.15) is 0 Å². The summed E-state index contributed by atoms with van der Waals surface area (Å²) >= 11 is 0. The number of sulfonamides is 1. The SMILES string of the molecule is Cc1cc(CNC(=O)CNS(C)(=O)=O)ccc1N(C)C. The van der Waals surface area contributed by atoms with Gasteiger partial charge >= 0.3 is 0 Å². The van der Waals surface area contributed by atoms with Crippen molar-refractivity contribution in [2.45, 2.75) is 13.5 Å². The van der Waals surface area contributed by atoms with E-state index >= 15 is 0 Å². The lowest BCUT2D eigenvalue weighted by Crippen LogP contribution is -2.36. The predicted molar refractivity (Wildman–Crippen MR) is 80.2 cm³/mol. The van der Waals surface area contributed by atoms with Crippen LogP contribution in [0.5, 0.6) is 0 Å². The zero-order chi connectivity index (χ0) is 15.3. The first-order valence-electron chi connectivity index (χ1n) is 6.17. The van der Waals surface area contributed by atoms with Crippen molar-refractivity contribution in [2.24, 2.45) is 0 Å². The maximum atomic E-state index is 11.5. The molecule has 0 spiro atoms. The second-order valence-electron chi connectivity index (χ2n) is 4.89. The second-order valence-corrected chi connectivity index (χ2v) is 6.72. The van der Waals surface area contributed by atoms with Crippen LogP contribution in [0.4, 0.5) is 5.69 Å². The topological polar surface area (TPSA) is 78.5 Å². The monoisotopic (exact) mass is 299 g/mol. The summed E-state index contributed by atoms with van der Waals surface area (Å²) in [7, 11) is 0.605. The Morgan fingerprint density at radius 2 is 1.95 bits per heavy atom. The van der Waals surface area contributed by atoms with Crippen LogP contribution in [0.2, 0.25) is 0 Å². The summed E-state index contributed by atoms with van der Waals surface area (Å²) in [5, 5.41) is 2.67. The first-order valence-corrected chi connectivity index (χ1v) is 8.06. The molecule has 0 saturated heterocycles. The molecule has 0 bridgehead atoms. The Kier molecular flexibility index (Phi) is 5.52. The largest absolute Gasteiger partial charge is 0.377 e. The van der Waals surface area contributed by atoms with Crippen molar-refractivity contribution in [3.63, 3.8) is 0 Å². The molecule has 0 aliphatic rings. The Labute approximate surface area is 120 Å². The van der Waals surface area contributed by atoms with Gasteiger partial charge in [0.05, 0.1) is 12.8 Å². The molecule has 0 aliphatic heterocycles. The van der Waals surface area contributed by atoms with E-state index in [1.165, 1.54) is 0 Å². The molecule has 0 atom stereocenters. The van der Waals surface area contributed by atoms with E-state index in [2.05, 4.69) is 10.0 Å². The van der Waals surface area contributed by atoms with E-state index < -0.39 is 10.0 Å². The molecule has 0 fully saturated rings. The Morgan fingerprint density at radius 1 is 1.30 bits per heavy atom. The number of rotatable bonds is 6. The van der Waals surface area contributed by atoms with Gasteiger partial charge in [0.25, 0.3) is 0 Å². The summed E-state index contributed by atoms with van der Waals surface area (Å²) < 4.78 is 23.9. The van der Waals surface area contributed by atoms with E-state index in [4.69, 9.17) is 0 Å². The molecule has 2 N–H and O–H groups in total. The second kappa shape index (κ2) is 6.71. The number of hydrogen-bond acceptors (Lipinski definition) is 4. The van der Waals surface area contributed by atoms with Crippen molar-refractivity contribution >= 4 is 21.6 Å². The van der Waals surface area contributed by atoms with Gasteiger partial charge in [0, 0.05) is 26.3 Å². The molecule has 1 amide bonds. The van der Waals surface area contributed by atoms with Gasteiger partial charge in [-0.25, -0.2) is 13.1 Å². The quantitative estimate of drug-likeness (QED) is 0.788. The van der Waals surface area contributed by atoms with Crippen LogP contribution in [-0.4, -0.2) is 41.2 Å². The standard InChI is InChI=1S/C13H21N3O3S/c1-10-7-11(5-6-12(10)16(2)3)8-14-13(17)9-15-20(4,18)19/h5-7,15H,8-9H2,1-4H3,(H,14,17). The van der Waals surface area contributed by atoms with Gasteiger partial charge in [-0.3, -0.25) is 4.79 Å². The molecule has 0 unspecified atom stereocenters. The molecule has 1 rings (SSSR count). The lowest BCUT2D eigenvalue weighted by Gasteiger charge is -2.16. The van der Waals surface area contributed by atoms with Gasteiger partial charge in [0.2, 0.25) is 15.9 Å². The van der Waals surface area contributed by atoms with Crippen molar-refractivity contribution in [2.75, 3.05) is 31.8 Å². The van der Waals surface area contributed by atoms with Crippen LogP contribution in [0.3, 0.4) is 0 Å². The van der Waals surface area contributed by atoms with Crippen LogP contribution in [0.1, 0.15) is 11.1 Å². The van der Waals surface area contributed by atoms with Gasteiger partial charge < -0.3 is 10.2 Å². The van der Waals surface area contributed by atoms with E-state index in [0.29, 0.717) is 6.54 Å². The van der Waals surface area contributed by atoms with E-state index in [-0.39, 0.29) is 12.5 Å². The molecule has 0 heterocycles. The lowest BCUT2D eigenvalue weighted by molar-refractivity contribution is -0.120. The van der Waals surface area contributed by atoms with E-state index in [1.807, 2.05) is 44.1 Å². The average molecular weight is 299 g/mol. The minimum Gasteiger partial charge on any atom is -0.377 e. The first kappa shape index (κ1) is 16.5. The third-order valence-electron chi connectivity index (χ3n) is 2.73. The van der Waals surface area contributed by atoms with Gasteiger partial charge in [0.15, 0.2) is 0 Å². The molecule has 0 saturated carbocycles. The molecule has 0 aliphatic carbocycles. The molecule has 1 aromatic carbocycles. The fourth-order valence-electron chi connectivity index (χ4n) is 1.79. The van der Waals surface area contributed by atoms with Gasteiger partial charge in [-0.05, 0) is 24.1 Å². The van der Waals surface area contributed by atoms with Crippen molar-refractivity contribution in [1.82, 2.24) is 10.0 Å². The van der Waals surface area contributed by atoms with Gasteiger partial charge in [-0.15, -0.1) is 0 Å². The smallest absolute Gasteiger partial charge is 0.235 e.